The summed E-state index contributed by atoms with van der Waals surface area (Å²) in [6.07, 6.45) is 3.65. The van der Waals surface area contributed by atoms with Gasteiger partial charge in [-0.25, -0.2) is 0 Å². The van der Waals surface area contributed by atoms with Gasteiger partial charge in [-0.05, 0) is 43.7 Å². The van der Waals surface area contributed by atoms with Crippen molar-refractivity contribution in [1.82, 2.24) is 20.1 Å². The van der Waals surface area contributed by atoms with Crippen molar-refractivity contribution in [2.24, 2.45) is 0 Å². The second-order valence-electron chi connectivity index (χ2n) is 6.74. The van der Waals surface area contributed by atoms with Crippen molar-refractivity contribution in [3.05, 3.63) is 59.5 Å². The van der Waals surface area contributed by atoms with E-state index >= 15 is 0 Å². The lowest BCUT2D eigenvalue weighted by molar-refractivity contribution is 0.261. The van der Waals surface area contributed by atoms with Crippen molar-refractivity contribution in [3.63, 3.8) is 0 Å². The summed E-state index contributed by atoms with van der Waals surface area (Å²) in [5, 5.41) is 9.24. The molecule has 1 aliphatic rings. The third-order valence-corrected chi connectivity index (χ3v) is 4.74. The maximum absolute atomic E-state index is 6.06. The van der Waals surface area contributed by atoms with Gasteiger partial charge in [0.05, 0.1) is 11.2 Å². The molecule has 0 atom stereocenters. The average molecular weight is 375 g/mol. The van der Waals surface area contributed by atoms with E-state index in [9.17, 15) is 0 Å². The number of fused-ring (bicyclic) bond motifs is 1. The maximum Gasteiger partial charge on any atom is 0.100 e. The van der Waals surface area contributed by atoms with Gasteiger partial charge in [0.1, 0.15) is 5.69 Å². The van der Waals surface area contributed by atoms with Crippen molar-refractivity contribution in [2.45, 2.75) is 25.9 Å². The Morgan fingerprint density at radius 3 is 2.40 bits per heavy atom. The van der Waals surface area contributed by atoms with Crippen molar-refractivity contribution in [3.8, 4) is 22.4 Å². The van der Waals surface area contributed by atoms with Crippen LogP contribution in [0, 0.1) is 0 Å². The van der Waals surface area contributed by atoms with E-state index in [4.69, 9.17) is 16.7 Å². The molecule has 3 heterocycles. The Balaban J connectivity index is 0.00000182. The van der Waals surface area contributed by atoms with E-state index in [-0.39, 0.29) is 17.9 Å². The Bertz CT molecular complexity index is 870. The van der Waals surface area contributed by atoms with Crippen LogP contribution in [0.3, 0.4) is 0 Å². The second-order valence-corrected chi connectivity index (χ2v) is 7.18. The summed E-state index contributed by atoms with van der Waals surface area (Å²) in [4.78, 5) is 4.15. The maximum atomic E-state index is 6.06. The van der Waals surface area contributed by atoms with E-state index < -0.39 is 0 Å². The summed E-state index contributed by atoms with van der Waals surface area (Å²) in [5.41, 5.74) is 5.51. The first-order valence-corrected chi connectivity index (χ1v) is 8.43. The highest BCUT2D eigenvalue weighted by molar-refractivity contribution is 6.30. The van der Waals surface area contributed by atoms with E-state index in [1.807, 2.05) is 48.8 Å². The van der Waals surface area contributed by atoms with Gasteiger partial charge >= 0.3 is 0 Å². The van der Waals surface area contributed by atoms with Gasteiger partial charge in [-0.15, -0.1) is 12.4 Å². The van der Waals surface area contributed by atoms with Gasteiger partial charge in [0.15, 0.2) is 0 Å². The predicted molar refractivity (Wildman–Crippen MR) is 104 cm³/mol. The summed E-state index contributed by atoms with van der Waals surface area (Å²) >= 11 is 6.06. The molecule has 0 saturated heterocycles. The molecule has 6 heteroatoms. The molecule has 4 nitrogen and oxygen atoms in total. The van der Waals surface area contributed by atoms with Crippen molar-refractivity contribution in [2.75, 3.05) is 6.54 Å². The standard InChI is InChI=1S/C19H19ClN4.ClH/c1-19(2)12-22-11-16-17(13-7-9-21-10-8-13)18(23-24(16)19)14-3-5-15(20)6-4-14;/h3-10,22H,11-12H2,1-2H3;1H. The molecule has 0 bridgehead atoms. The first kappa shape index (κ1) is 17.9. The number of aromatic nitrogens is 3. The van der Waals surface area contributed by atoms with E-state index in [2.05, 4.69) is 28.8 Å². The Labute approximate surface area is 158 Å². The Hall–Kier alpha value is -1.88. The third kappa shape index (κ3) is 3.17. The minimum Gasteiger partial charge on any atom is -0.309 e. The van der Waals surface area contributed by atoms with E-state index in [1.54, 1.807) is 0 Å². The molecule has 0 unspecified atom stereocenters. The van der Waals surface area contributed by atoms with Gasteiger partial charge < -0.3 is 5.32 Å². The van der Waals surface area contributed by atoms with Gasteiger partial charge in [-0.3, -0.25) is 9.67 Å². The molecular weight excluding hydrogens is 355 g/mol. The van der Waals surface area contributed by atoms with E-state index in [1.165, 1.54) is 11.3 Å². The molecule has 25 heavy (non-hydrogen) atoms. The van der Waals surface area contributed by atoms with Gasteiger partial charge in [0, 0.05) is 41.6 Å². The fourth-order valence-corrected chi connectivity index (χ4v) is 3.44. The van der Waals surface area contributed by atoms with Gasteiger partial charge in [-0.1, -0.05) is 23.7 Å². The number of nitrogens with zero attached hydrogens (tertiary/aromatic N) is 3. The van der Waals surface area contributed by atoms with Crippen molar-refractivity contribution < 1.29 is 0 Å². The Morgan fingerprint density at radius 1 is 1.04 bits per heavy atom. The lowest BCUT2D eigenvalue weighted by Crippen LogP contribution is -2.44. The zero-order valence-electron chi connectivity index (χ0n) is 14.2. The van der Waals surface area contributed by atoms with Crippen molar-refractivity contribution in [1.29, 1.82) is 0 Å². The fourth-order valence-electron chi connectivity index (χ4n) is 3.31. The van der Waals surface area contributed by atoms with Gasteiger partial charge in [-0.2, -0.15) is 5.10 Å². The highest BCUT2D eigenvalue weighted by Crippen LogP contribution is 2.38. The molecule has 3 aromatic rings. The molecule has 0 saturated carbocycles. The van der Waals surface area contributed by atoms with Crippen LogP contribution in [0.25, 0.3) is 22.4 Å². The first-order chi connectivity index (χ1) is 11.6. The van der Waals surface area contributed by atoms with E-state index in [0.29, 0.717) is 0 Å². The zero-order chi connectivity index (χ0) is 16.7. The monoisotopic (exact) mass is 374 g/mol. The summed E-state index contributed by atoms with van der Waals surface area (Å²) < 4.78 is 2.17. The smallest absolute Gasteiger partial charge is 0.100 e. The molecular formula is C19H20Cl2N4. The topological polar surface area (TPSA) is 42.7 Å². The van der Waals surface area contributed by atoms with Gasteiger partial charge in [0.25, 0.3) is 0 Å². The molecule has 4 rings (SSSR count). The van der Waals surface area contributed by atoms with Crippen LogP contribution in [0.5, 0.6) is 0 Å². The molecule has 1 aliphatic heterocycles. The van der Waals surface area contributed by atoms with Gasteiger partial charge in [0.2, 0.25) is 0 Å². The third-order valence-electron chi connectivity index (χ3n) is 4.49. The molecule has 1 N–H and O–H groups in total. The number of rotatable bonds is 2. The zero-order valence-corrected chi connectivity index (χ0v) is 15.7. The normalized spacial score (nSPS) is 15.3. The number of hydrogen-bond acceptors (Lipinski definition) is 3. The van der Waals surface area contributed by atoms with Crippen LogP contribution in [-0.4, -0.2) is 21.3 Å². The number of hydrogen-bond donors (Lipinski definition) is 1. The Kier molecular flexibility index (Phi) is 4.87. The number of pyridine rings is 1. The Morgan fingerprint density at radius 2 is 1.72 bits per heavy atom. The SMILES string of the molecule is CC1(C)CNCc2c(-c3ccncc3)c(-c3ccc(Cl)cc3)nn21.Cl. The fraction of sp³-hybridized carbons (Fsp3) is 0.263. The largest absolute Gasteiger partial charge is 0.309 e. The lowest BCUT2D eigenvalue weighted by atomic mass is 9.97. The average Bonchev–Trinajstić information content (AvgIpc) is 2.97. The minimum absolute atomic E-state index is 0. The minimum atomic E-state index is -0.0694. The molecule has 0 radical (unpaired) electrons. The molecule has 2 aromatic heterocycles. The second kappa shape index (κ2) is 6.79. The van der Waals surface area contributed by atoms with E-state index in [0.717, 1.165) is 34.9 Å². The molecule has 0 aliphatic carbocycles. The van der Waals surface area contributed by atoms with Crippen LogP contribution in [-0.2, 0) is 12.1 Å². The molecule has 0 amide bonds. The molecule has 130 valence electrons. The van der Waals surface area contributed by atoms with Crippen LogP contribution >= 0.6 is 24.0 Å². The summed E-state index contributed by atoms with van der Waals surface area (Å²) in [6, 6.07) is 12.0. The number of benzene rings is 1. The van der Waals surface area contributed by atoms with Crippen molar-refractivity contribution >= 4 is 24.0 Å². The number of halogens is 2. The first-order valence-electron chi connectivity index (χ1n) is 8.06. The van der Waals surface area contributed by atoms with Crippen LogP contribution in [0.15, 0.2) is 48.8 Å². The number of nitrogens with one attached hydrogen (secondary N) is 1. The van der Waals surface area contributed by atoms with Crippen LogP contribution in [0.2, 0.25) is 5.02 Å². The molecule has 1 aromatic carbocycles. The lowest BCUT2D eigenvalue weighted by Gasteiger charge is -2.32. The summed E-state index contributed by atoms with van der Waals surface area (Å²) in [6.45, 7) is 6.12. The van der Waals surface area contributed by atoms with Crippen LogP contribution in [0.4, 0.5) is 0 Å². The summed E-state index contributed by atoms with van der Waals surface area (Å²) in [7, 11) is 0. The predicted octanol–water partition coefficient (Wildman–Crippen LogP) is 4.53. The highest BCUT2D eigenvalue weighted by atomic mass is 35.5. The quantitative estimate of drug-likeness (QED) is 0.716. The van der Waals surface area contributed by atoms with Crippen LogP contribution < -0.4 is 5.32 Å². The highest BCUT2D eigenvalue weighted by Gasteiger charge is 2.32. The summed E-state index contributed by atoms with van der Waals surface area (Å²) in [5.74, 6) is 0. The molecule has 0 spiro atoms. The van der Waals surface area contributed by atoms with Crippen LogP contribution in [0.1, 0.15) is 19.5 Å². The molecule has 0 fully saturated rings.